The summed E-state index contributed by atoms with van der Waals surface area (Å²) in [7, 11) is 1.15. The average molecular weight is 207 g/mol. The molecule has 0 aromatic rings. The van der Waals surface area contributed by atoms with Crippen LogP contribution in [0.5, 0.6) is 0 Å². The lowest BCUT2D eigenvalue weighted by Gasteiger charge is -2.40. The van der Waals surface area contributed by atoms with Crippen molar-refractivity contribution in [2.75, 3.05) is 7.11 Å². The number of methoxy groups -OCH3 is 1. The number of rotatable bonds is 2. The van der Waals surface area contributed by atoms with E-state index in [1.54, 1.807) is 0 Å². The number of aliphatic hydroxyl groups is 3. The molecule has 0 aliphatic carbocycles. The molecule has 0 radical (unpaired) electrons. The van der Waals surface area contributed by atoms with Crippen LogP contribution in [0.4, 0.5) is 0 Å². The molecule has 0 bridgehead atoms. The number of aliphatic hydroxyl groups excluding tert-OH is 3. The summed E-state index contributed by atoms with van der Waals surface area (Å²) in [4.78, 5) is 10.5. The molecule has 1 saturated heterocycles. The van der Waals surface area contributed by atoms with Gasteiger partial charge in [-0.3, -0.25) is 0 Å². The third-order valence-corrected chi connectivity index (χ3v) is 2.07. The Morgan fingerprint density at radius 1 is 1.36 bits per heavy atom. The summed E-state index contributed by atoms with van der Waals surface area (Å²) in [5, 5.41) is 38.0. The molecule has 82 valence electrons. The number of carboxylic acid groups (broad SMARTS) is 1. The van der Waals surface area contributed by atoms with Crippen LogP contribution in [0.15, 0.2) is 0 Å². The first-order valence-electron chi connectivity index (χ1n) is 3.92. The van der Waals surface area contributed by atoms with Crippen LogP contribution in [0, 0.1) is 0 Å². The van der Waals surface area contributed by atoms with Crippen LogP contribution in [0.25, 0.3) is 0 Å². The van der Waals surface area contributed by atoms with Crippen molar-refractivity contribution >= 4 is 5.97 Å². The minimum Gasteiger partial charge on any atom is -0.547 e. The number of ether oxygens (including phenoxy) is 2. The van der Waals surface area contributed by atoms with Crippen LogP contribution in [-0.4, -0.2) is 59.1 Å². The summed E-state index contributed by atoms with van der Waals surface area (Å²) in [6, 6.07) is 0. The zero-order valence-corrected chi connectivity index (χ0v) is 7.36. The van der Waals surface area contributed by atoms with Gasteiger partial charge >= 0.3 is 0 Å². The van der Waals surface area contributed by atoms with Gasteiger partial charge in [-0.05, 0) is 0 Å². The molecule has 1 aliphatic heterocycles. The summed E-state index contributed by atoms with van der Waals surface area (Å²) in [6.07, 6.45) is -7.77. The molecule has 0 aromatic carbocycles. The Kier molecular flexibility index (Phi) is 3.40. The predicted molar refractivity (Wildman–Crippen MR) is 38.7 cm³/mol. The lowest BCUT2D eigenvalue weighted by atomic mass is 9.99. The van der Waals surface area contributed by atoms with Crippen molar-refractivity contribution in [2.24, 2.45) is 0 Å². The Morgan fingerprint density at radius 3 is 2.36 bits per heavy atom. The summed E-state index contributed by atoms with van der Waals surface area (Å²) >= 11 is 0. The van der Waals surface area contributed by atoms with Gasteiger partial charge in [-0.25, -0.2) is 0 Å². The largest absolute Gasteiger partial charge is 0.547 e. The van der Waals surface area contributed by atoms with Gasteiger partial charge in [0, 0.05) is 7.11 Å². The van der Waals surface area contributed by atoms with Crippen LogP contribution >= 0.6 is 0 Å². The van der Waals surface area contributed by atoms with Crippen molar-refractivity contribution < 1.29 is 34.7 Å². The van der Waals surface area contributed by atoms with Crippen molar-refractivity contribution in [3.8, 4) is 0 Å². The van der Waals surface area contributed by atoms with Gasteiger partial charge in [-0.1, -0.05) is 0 Å². The van der Waals surface area contributed by atoms with Crippen LogP contribution in [-0.2, 0) is 14.3 Å². The van der Waals surface area contributed by atoms with E-state index in [2.05, 4.69) is 9.47 Å². The molecule has 5 atom stereocenters. The molecule has 1 aliphatic rings. The van der Waals surface area contributed by atoms with E-state index in [4.69, 9.17) is 10.2 Å². The first-order chi connectivity index (χ1) is 6.49. The maximum Gasteiger partial charge on any atom is 0.184 e. The third-order valence-electron chi connectivity index (χ3n) is 2.07. The van der Waals surface area contributed by atoms with E-state index in [1.165, 1.54) is 0 Å². The fourth-order valence-electron chi connectivity index (χ4n) is 1.30. The van der Waals surface area contributed by atoms with E-state index in [1.807, 2.05) is 0 Å². The minimum atomic E-state index is -1.76. The fourth-order valence-corrected chi connectivity index (χ4v) is 1.30. The monoisotopic (exact) mass is 207 g/mol. The molecule has 1 heterocycles. The SMILES string of the molecule is CO[C@H]1[C@H](O)[C@@H](O)[C@H](O)O[C@@H]1C(=O)[O-]. The standard InChI is InChI=1S/C7H12O7/c1-13-4-2(8)3(9)7(12)14-5(4)6(10)11/h2-5,7-9,12H,1H3,(H,10,11)/p-1/t2-,3-,4+,5+,7-/m1/s1. The van der Waals surface area contributed by atoms with Crippen LogP contribution in [0.3, 0.4) is 0 Å². The predicted octanol–water partition coefficient (Wildman–Crippen LogP) is -3.81. The number of hydrogen-bond acceptors (Lipinski definition) is 7. The highest BCUT2D eigenvalue weighted by Crippen LogP contribution is 2.21. The second-order valence-electron chi connectivity index (χ2n) is 2.95. The quantitative estimate of drug-likeness (QED) is 0.424. The molecule has 0 saturated carbocycles. The molecule has 7 heteroatoms. The Bertz CT molecular complexity index is 218. The summed E-state index contributed by atoms with van der Waals surface area (Å²) in [5.74, 6) is -1.62. The van der Waals surface area contributed by atoms with Crippen molar-refractivity contribution in [1.29, 1.82) is 0 Å². The van der Waals surface area contributed by atoms with E-state index in [9.17, 15) is 15.0 Å². The molecule has 0 unspecified atom stereocenters. The van der Waals surface area contributed by atoms with Gasteiger partial charge in [-0.2, -0.15) is 0 Å². The number of hydrogen-bond donors (Lipinski definition) is 3. The lowest BCUT2D eigenvalue weighted by Crippen LogP contribution is -2.62. The van der Waals surface area contributed by atoms with Gasteiger partial charge in [-0.15, -0.1) is 0 Å². The molecule has 0 aromatic heterocycles. The average Bonchev–Trinajstić information content (AvgIpc) is 2.13. The zero-order chi connectivity index (χ0) is 10.9. The normalized spacial score (nSPS) is 43.6. The first kappa shape index (κ1) is 11.3. The van der Waals surface area contributed by atoms with Crippen LogP contribution in [0.1, 0.15) is 0 Å². The smallest absolute Gasteiger partial charge is 0.184 e. The van der Waals surface area contributed by atoms with Crippen LogP contribution in [0.2, 0.25) is 0 Å². The molecule has 1 fully saturated rings. The summed E-state index contributed by atoms with van der Waals surface area (Å²) in [6.45, 7) is 0. The lowest BCUT2D eigenvalue weighted by molar-refractivity contribution is -0.346. The van der Waals surface area contributed by atoms with Crippen LogP contribution < -0.4 is 5.11 Å². The van der Waals surface area contributed by atoms with Gasteiger partial charge in [0.05, 0.1) is 5.97 Å². The Hall–Kier alpha value is -0.730. The Morgan fingerprint density at radius 2 is 1.93 bits per heavy atom. The second-order valence-corrected chi connectivity index (χ2v) is 2.95. The molecule has 1 rings (SSSR count). The van der Waals surface area contributed by atoms with E-state index < -0.39 is 36.7 Å². The van der Waals surface area contributed by atoms with Crippen molar-refractivity contribution in [3.63, 3.8) is 0 Å². The van der Waals surface area contributed by atoms with E-state index in [0.717, 1.165) is 7.11 Å². The highest BCUT2D eigenvalue weighted by molar-refractivity contribution is 5.71. The molecule has 7 nitrogen and oxygen atoms in total. The summed E-state index contributed by atoms with van der Waals surface area (Å²) in [5.41, 5.74) is 0. The number of carbonyl (C=O) groups excluding carboxylic acids is 1. The summed E-state index contributed by atoms with van der Waals surface area (Å²) < 4.78 is 9.12. The van der Waals surface area contributed by atoms with Gasteiger partial charge in [0.25, 0.3) is 0 Å². The maximum atomic E-state index is 10.5. The Balaban J connectivity index is 2.82. The molecule has 14 heavy (non-hydrogen) atoms. The second kappa shape index (κ2) is 4.20. The Labute approximate surface area is 79.5 Å². The third kappa shape index (κ3) is 1.86. The first-order valence-corrected chi connectivity index (χ1v) is 3.92. The number of carboxylic acids is 1. The number of carbonyl (C=O) groups is 1. The van der Waals surface area contributed by atoms with Gasteiger partial charge in [0.2, 0.25) is 0 Å². The van der Waals surface area contributed by atoms with Crippen molar-refractivity contribution in [3.05, 3.63) is 0 Å². The topological polar surface area (TPSA) is 119 Å². The van der Waals surface area contributed by atoms with Gasteiger partial charge in [0.1, 0.15) is 24.4 Å². The fraction of sp³-hybridized carbons (Fsp3) is 0.857. The molecular formula is C7H11O7-. The molecule has 0 spiro atoms. The highest BCUT2D eigenvalue weighted by Gasteiger charge is 2.44. The minimum absolute atomic E-state index is 1.15. The van der Waals surface area contributed by atoms with E-state index >= 15 is 0 Å². The maximum absolute atomic E-state index is 10.5. The molecular weight excluding hydrogens is 196 g/mol. The van der Waals surface area contributed by atoms with E-state index in [0.29, 0.717) is 0 Å². The van der Waals surface area contributed by atoms with Crippen molar-refractivity contribution in [1.82, 2.24) is 0 Å². The van der Waals surface area contributed by atoms with Gasteiger partial charge < -0.3 is 34.7 Å². The highest BCUT2D eigenvalue weighted by atomic mass is 16.7. The zero-order valence-electron chi connectivity index (χ0n) is 7.36. The van der Waals surface area contributed by atoms with Crippen molar-refractivity contribution in [2.45, 2.75) is 30.7 Å². The molecule has 0 amide bonds. The van der Waals surface area contributed by atoms with Gasteiger partial charge in [0.15, 0.2) is 6.29 Å². The number of aliphatic carboxylic acids is 1. The van der Waals surface area contributed by atoms with E-state index in [-0.39, 0.29) is 0 Å². The molecule has 3 N–H and O–H groups in total.